The lowest BCUT2D eigenvalue weighted by atomic mass is 10.1. The van der Waals surface area contributed by atoms with Gasteiger partial charge in [-0.2, -0.15) is 0 Å². The summed E-state index contributed by atoms with van der Waals surface area (Å²) in [5, 5.41) is 2.70. The van der Waals surface area contributed by atoms with Crippen LogP contribution in [-0.4, -0.2) is 67.7 Å². The van der Waals surface area contributed by atoms with Crippen LogP contribution in [0.15, 0.2) is 48.5 Å². The zero-order chi connectivity index (χ0) is 23.4. The van der Waals surface area contributed by atoms with E-state index in [1.807, 2.05) is 24.3 Å². The molecule has 33 heavy (non-hydrogen) atoms. The summed E-state index contributed by atoms with van der Waals surface area (Å²) in [5.74, 6) is -0.288. The fraction of sp³-hybridized carbons (Fsp3) is 0.360. The standard InChI is InChI=1S/C25H28N4O4/c1-18(30)19-4-8-21(9-5-19)27-13-15-28(16-14-27)24(32)17-26-25(33)20-6-10-22(11-7-20)29-12-2-3-23(29)31/h4-11H,2-3,12-17H2,1H3,(H,26,33). The van der Waals surface area contributed by atoms with Crippen LogP contribution < -0.4 is 15.1 Å². The van der Waals surface area contributed by atoms with Crippen LogP contribution in [0.25, 0.3) is 0 Å². The van der Waals surface area contributed by atoms with Gasteiger partial charge in [0.15, 0.2) is 5.78 Å². The van der Waals surface area contributed by atoms with Crippen molar-refractivity contribution in [1.29, 1.82) is 0 Å². The van der Waals surface area contributed by atoms with Crippen LogP contribution in [0.2, 0.25) is 0 Å². The summed E-state index contributed by atoms with van der Waals surface area (Å²) in [5.41, 5.74) is 2.96. The number of piperazine rings is 1. The highest BCUT2D eigenvalue weighted by atomic mass is 16.2. The number of rotatable bonds is 6. The molecule has 8 nitrogen and oxygen atoms in total. The van der Waals surface area contributed by atoms with Crippen LogP contribution in [0.1, 0.15) is 40.5 Å². The monoisotopic (exact) mass is 448 g/mol. The van der Waals surface area contributed by atoms with Crippen molar-refractivity contribution < 1.29 is 19.2 Å². The number of carbonyl (C=O) groups is 4. The summed E-state index contributed by atoms with van der Waals surface area (Å²) in [7, 11) is 0. The first-order chi connectivity index (χ1) is 15.9. The number of carbonyl (C=O) groups excluding carboxylic acids is 4. The zero-order valence-corrected chi connectivity index (χ0v) is 18.8. The molecule has 2 aliphatic heterocycles. The number of hydrogen-bond donors (Lipinski definition) is 1. The van der Waals surface area contributed by atoms with Gasteiger partial charge in [-0.25, -0.2) is 0 Å². The molecule has 4 rings (SSSR count). The van der Waals surface area contributed by atoms with Gasteiger partial charge >= 0.3 is 0 Å². The van der Waals surface area contributed by atoms with Gasteiger partial charge < -0.3 is 20.0 Å². The Morgan fingerprint density at radius 1 is 0.818 bits per heavy atom. The smallest absolute Gasteiger partial charge is 0.251 e. The number of Topliss-reactive ketones (excluding diaryl/α,β-unsaturated/α-hetero) is 1. The molecule has 1 N–H and O–H groups in total. The Morgan fingerprint density at radius 3 is 2.00 bits per heavy atom. The summed E-state index contributed by atoms with van der Waals surface area (Å²) < 4.78 is 0. The molecule has 0 saturated carbocycles. The molecule has 8 heteroatoms. The van der Waals surface area contributed by atoms with E-state index in [0.29, 0.717) is 50.3 Å². The predicted molar refractivity (Wildman–Crippen MR) is 126 cm³/mol. The molecule has 2 saturated heterocycles. The van der Waals surface area contributed by atoms with Crippen LogP contribution in [0.3, 0.4) is 0 Å². The molecular weight excluding hydrogens is 420 g/mol. The minimum atomic E-state index is -0.313. The van der Waals surface area contributed by atoms with Crippen molar-refractivity contribution in [2.24, 2.45) is 0 Å². The van der Waals surface area contributed by atoms with E-state index in [4.69, 9.17) is 0 Å². The first-order valence-corrected chi connectivity index (χ1v) is 11.2. The average molecular weight is 449 g/mol. The van der Waals surface area contributed by atoms with Gasteiger partial charge in [0.1, 0.15) is 0 Å². The van der Waals surface area contributed by atoms with E-state index >= 15 is 0 Å². The maximum atomic E-state index is 12.6. The molecule has 0 unspecified atom stereocenters. The molecule has 3 amide bonds. The van der Waals surface area contributed by atoms with E-state index in [2.05, 4.69) is 10.2 Å². The lowest BCUT2D eigenvalue weighted by molar-refractivity contribution is -0.130. The molecule has 0 aliphatic carbocycles. The normalized spacial score (nSPS) is 16.2. The summed E-state index contributed by atoms with van der Waals surface area (Å²) in [4.78, 5) is 54.0. The average Bonchev–Trinajstić information content (AvgIpc) is 3.28. The van der Waals surface area contributed by atoms with Gasteiger partial charge in [-0.05, 0) is 61.9 Å². The molecule has 2 aliphatic rings. The van der Waals surface area contributed by atoms with E-state index in [0.717, 1.165) is 17.8 Å². The quantitative estimate of drug-likeness (QED) is 0.684. The topological polar surface area (TPSA) is 90.0 Å². The van der Waals surface area contributed by atoms with Crippen molar-refractivity contribution in [2.45, 2.75) is 19.8 Å². The van der Waals surface area contributed by atoms with Gasteiger partial charge in [-0.1, -0.05) is 0 Å². The molecule has 0 aromatic heterocycles. The Labute approximate surface area is 193 Å². The summed E-state index contributed by atoms with van der Waals surface area (Å²) >= 11 is 0. The number of ketones is 1. The Bertz CT molecular complexity index is 1040. The van der Waals surface area contributed by atoms with Gasteiger partial charge in [-0.3, -0.25) is 19.2 Å². The number of benzene rings is 2. The molecule has 2 aromatic rings. The molecule has 0 bridgehead atoms. The largest absolute Gasteiger partial charge is 0.368 e. The fourth-order valence-electron chi connectivity index (χ4n) is 4.20. The predicted octanol–water partition coefficient (Wildman–Crippen LogP) is 2.09. The molecule has 2 heterocycles. The van der Waals surface area contributed by atoms with Crippen molar-refractivity contribution >= 4 is 34.9 Å². The number of hydrogen-bond acceptors (Lipinski definition) is 5. The van der Waals surface area contributed by atoms with E-state index in [9.17, 15) is 19.2 Å². The van der Waals surface area contributed by atoms with Crippen LogP contribution in [0, 0.1) is 0 Å². The third-order valence-corrected chi connectivity index (χ3v) is 6.19. The fourth-order valence-corrected chi connectivity index (χ4v) is 4.20. The highest BCUT2D eigenvalue weighted by Gasteiger charge is 2.23. The molecular formula is C25H28N4O4. The van der Waals surface area contributed by atoms with Gasteiger partial charge in [0, 0.05) is 61.6 Å². The van der Waals surface area contributed by atoms with Crippen molar-refractivity contribution in [3.05, 3.63) is 59.7 Å². The van der Waals surface area contributed by atoms with Crippen LogP contribution in [0.5, 0.6) is 0 Å². The number of nitrogens with zero attached hydrogens (tertiary/aromatic N) is 3. The summed E-state index contributed by atoms with van der Waals surface area (Å²) in [6, 6.07) is 14.4. The van der Waals surface area contributed by atoms with Crippen LogP contribution in [-0.2, 0) is 9.59 Å². The Kier molecular flexibility index (Phi) is 6.72. The maximum absolute atomic E-state index is 12.6. The zero-order valence-electron chi connectivity index (χ0n) is 18.8. The van der Waals surface area contributed by atoms with Crippen LogP contribution in [0.4, 0.5) is 11.4 Å². The molecule has 2 fully saturated rings. The van der Waals surface area contributed by atoms with Crippen molar-refractivity contribution in [3.8, 4) is 0 Å². The minimum absolute atomic E-state index is 0.0386. The second-order valence-corrected chi connectivity index (χ2v) is 8.35. The molecule has 0 atom stereocenters. The Hall–Kier alpha value is -3.68. The second kappa shape index (κ2) is 9.85. The number of amides is 3. The molecule has 0 radical (unpaired) electrons. The lowest BCUT2D eigenvalue weighted by Gasteiger charge is -2.36. The third-order valence-electron chi connectivity index (χ3n) is 6.19. The number of anilines is 2. The first-order valence-electron chi connectivity index (χ1n) is 11.2. The second-order valence-electron chi connectivity index (χ2n) is 8.35. The summed E-state index contributed by atoms with van der Waals surface area (Å²) in [6.45, 7) is 4.72. The lowest BCUT2D eigenvalue weighted by Crippen LogP contribution is -2.51. The Balaban J connectivity index is 1.24. The van der Waals surface area contributed by atoms with Gasteiger partial charge in [-0.15, -0.1) is 0 Å². The van der Waals surface area contributed by atoms with Gasteiger partial charge in [0.2, 0.25) is 11.8 Å². The maximum Gasteiger partial charge on any atom is 0.251 e. The molecule has 0 spiro atoms. The SMILES string of the molecule is CC(=O)c1ccc(N2CCN(C(=O)CNC(=O)c3ccc(N4CCCC4=O)cc3)CC2)cc1. The van der Waals surface area contributed by atoms with Crippen LogP contribution >= 0.6 is 0 Å². The van der Waals surface area contributed by atoms with Gasteiger partial charge in [0.05, 0.1) is 6.54 Å². The summed E-state index contributed by atoms with van der Waals surface area (Å²) in [6.07, 6.45) is 1.41. The van der Waals surface area contributed by atoms with E-state index in [1.54, 1.807) is 41.0 Å². The van der Waals surface area contributed by atoms with E-state index in [-0.39, 0.29) is 30.0 Å². The first kappa shape index (κ1) is 22.5. The highest BCUT2D eigenvalue weighted by Crippen LogP contribution is 2.21. The minimum Gasteiger partial charge on any atom is -0.368 e. The number of nitrogens with one attached hydrogen (secondary N) is 1. The van der Waals surface area contributed by atoms with Crippen molar-refractivity contribution in [2.75, 3.05) is 49.1 Å². The van der Waals surface area contributed by atoms with Gasteiger partial charge in [0.25, 0.3) is 5.91 Å². The molecule has 2 aromatic carbocycles. The van der Waals surface area contributed by atoms with E-state index in [1.165, 1.54) is 0 Å². The van der Waals surface area contributed by atoms with Crippen molar-refractivity contribution in [3.63, 3.8) is 0 Å². The molecule has 172 valence electrons. The third kappa shape index (κ3) is 5.22. The Morgan fingerprint density at radius 2 is 1.42 bits per heavy atom. The van der Waals surface area contributed by atoms with Crippen molar-refractivity contribution in [1.82, 2.24) is 10.2 Å². The van der Waals surface area contributed by atoms with E-state index < -0.39 is 0 Å². The highest BCUT2D eigenvalue weighted by molar-refractivity contribution is 5.98.